The highest BCUT2D eigenvalue weighted by atomic mass is 35.5. The number of hydrogen-bond donors (Lipinski definition) is 1. The van der Waals surface area contributed by atoms with Gasteiger partial charge in [0.05, 0.1) is 26.1 Å². The molecule has 17 heteroatoms. The molecule has 0 radical (unpaired) electrons. The summed E-state index contributed by atoms with van der Waals surface area (Å²) >= 11 is 14.0. The number of ether oxygens (including phenoxy) is 2. The number of fused-ring (bicyclic) bond motifs is 4. The van der Waals surface area contributed by atoms with Crippen LogP contribution in [0.3, 0.4) is 0 Å². The summed E-state index contributed by atoms with van der Waals surface area (Å²) in [6.45, 7) is 0. The van der Waals surface area contributed by atoms with Crippen molar-refractivity contribution in [3.8, 4) is 11.5 Å². The van der Waals surface area contributed by atoms with Crippen LogP contribution in [0.25, 0.3) is 0 Å². The van der Waals surface area contributed by atoms with E-state index < -0.39 is 110 Å². The van der Waals surface area contributed by atoms with Gasteiger partial charge in [-0.25, -0.2) is 31.6 Å². The number of likely N-dealkylation sites (tertiary alicyclic amines) is 1. The zero-order valence-electron chi connectivity index (χ0n) is 23.4. The van der Waals surface area contributed by atoms with Gasteiger partial charge in [0.1, 0.15) is 5.69 Å². The molecule has 2 aliphatic heterocycles. The Morgan fingerprint density at radius 2 is 1.52 bits per heavy atom. The maximum atomic E-state index is 15.1. The van der Waals surface area contributed by atoms with Crippen LogP contribution in [0.1, 0.15) is 24.3 Å². The third-order valence-corrected chi connectivity index (χ3v) is 10.6. The summed E-state index contributed by atoms with van der Waals surface area (Å²) in [7, 11) is 2.12. The van der Waals surface area contributed by atoms with Crippen LogP contribution >= 0.6 is 23.2 Å². The van der Waals surface area contributed by atoms with Gasteiger partial charge in [-0.1, -0.05) is 23.8 Å². The van der Waals surface area contributed by atoms with Crippen molar-refractivity contribution >= 4 is 58.6 Å². The Morgan fingerprint density at radius 3 is 2.11 bits per heavy atom. The number of anilines is 1. The standard InChI is InChI=1S/C29H19Cl2F5N2O8/c1-45-13-5-3-4-11(22(13)39)15-9-6-7-10-14(24(41)38(23(10)40)27(44)46-2)12(9)8-28(30)25(42)37(26(43)29(15,28)31)21-19(35)17(33)16(32)18(34)20(21)36/h3-6,10,12,14-15,39H,7-8H2,1-2H3/t10-,12+,14-,15+,28+,29-/m0/s1. The van der Waals surface area contributed by atoms with Crippen LogP contribution in [0.4, 0.5) is 32.4 Å². The first kappa shape index (κ1) is 31.7. The molecule has 6 atom stereocenters. The number of phenols is 1. The molecule has 0 aromatic heterocycles. The number of nitrogens with zero attached hydrogens (tertiary/aromatic N) is 2. The van der Waals surface area contributed by atoms with E-state index in [-0.39, 0.29) is 33.1 Å². The molecule has 46 heavy (non-hydrogen) atoms. The number of phenolic OH excluding ortho intramolecular Hbond substituents is 1. The fourth-order valence-electron chi connectivity index (χ4n) is 7.12. The summed E-state index contributed by atoms with van der Waals surface area (Å²) in [5.41, 5.74) is -2.09. The first-order chi connectivity index (χ1) is 21.6. The second-order valence-electron chi connectivity index (χ2n) is 11.1. The predicted octanol–water partition coefficient (Wildman–Crippen LogP) is 4.43. The number of rotatable bonds is 3. The fraction of sp³-hybridized carbons (Fsp3) is 0.345. The molecule has 0 bridgehead atoms. The molecule has 1 N–H and O–H groups in total. The van der Waals surface area contributed by atoms with Crippen molar-refractivity contribution in [1.82, 2.24) is 4.90 Å². The van der Waals surface area contributed by atoms with Gasteiger partial charge in [-0.2, -0.15) is 4.90 Å². The average molecular weight is 689 g/mol. The van der Waals surface area contributed by atoms with Crippen LogP contribution in [0.5, 0.6) is 11.5 Å². The number of allylic oxidation sites excluding steroid dienone is 2. The minimum atomic E-state index is -2.83. The second kappa shape index (κ2) is 10.4. The molecule has 1 saturated carbocycles. The molecule has 0 spiro atoms. The van der Waals surface area contributed by atoms with E-state index in [1.807, 2.05) is 0 Å². The lowest BCUT2D eigenvalue weighted by Gasteiger charge is -2.50. The van der Waals surface area contributed by atoms with E-state index in [9.17, 15) is 42.3 Å². The summed E-state index contributed by atoms with van der Waals surface area (Å²) in [5.74, 6) is -24.3. The Bertz CT molecular complexity index is 1810. The molecule has 6 rings (SSSR count). The quantitative estimate of drug-likeness (QED) is 0.125. The van der Waals surface area contributed by atoms with E-state index in [0.717, 1.165) is 7.11 Å². The van der Waals surface area contributed by atoms with Gasteiger partial charge < -0.3 is 14.6 Å². The van der Waals surface area contributed by atoms with Gasteiger partial charge in [-0.3, -0.25) is 19.2 Å². The molecule has 0 unspecified atom stereocenters. The van der Waals surface area contributed by atoms with Crippen molar-refractivity contribution in [3.63, 3.8) is 0 Å². The van der Waals surface area contributed by atoms with E-state index in [1.54, 1.807) is 0 Å². The molecular formula is C29H19Cl2F5N2O8. The zero-order valence-corrected chi connectivity index (χ0v) is 24.9. The topological polar surface area (TPSA) is 131 Å². The summed E-state index contributed by atoms with van der Waals surface area (Å²) < 4.78 is 82.4. The highest BCUT2D eigenvalue weighted by Crippen LogP contribution is 2.67. The first-order valence-electron chi connectivity index (χ1n) is 13.4. The van der Waals surface area contributed by atoms with Crippen molar-refractivity contribution in [2.75, 3.05) is 19.1 Å². The number of imide groups is 4. The molecule has 5 amide bonds. The second-order valence-corrected chi connectivity index (χ2v) is 12.3. The Morgan fingerprint density at radius 1 is 0.913 bits per heavy atom. The number of benzene rings is 2. The van der Waals surface area contributed by atoms with Gasteiger partial charge in [0, 0.05) is 11.5 Å². The lowest BCUT2D eigenvalue weighted by molar-refractivity contribution is -0.138. The average Bonchev–Trinajstić information content (AvgIpc) is 3.37. The molecule has 2 aromatic rings. The van der Waals surface area contributed by atoms with Crippen LogP contribution in [-0.2, 0) is 23.9 Å². The highest BCUT2D eigenvalue weighted by molar-refractivity contribution is 6.58. The summed E-state index contributed by atoms with van der Waals surface area (Å²) in [5, 5.41) is 11.2. The SMILES string of the molecule is COC(=O)N1C(=O)[C@H]2[C@H](CC=C3[C@H]2C[C@@]2(Cl)C(=O)N(c4c(F)c(F)c(F)c(F)c4F)C(=O)[C@@]2(Cl)[C@H]3c2cccc(OC)c2O)C1=O. The monoisotopic (exact) mass is 688 g/mol. The number of alkyl halides is 2. The smallest absolute Gasteiger partial charge is 0.423 e. The lowest BCUT2D eigenvalue weighted by atomic mass is 9.56. The van der Waals surface area contributed by atoms with Gasteiger partial charge in [0.25, 0.3) is 11.8 Å². The number of carbonyl (C=O) groups is 5. The van der Waals surface area contributed by atoms with Crippen LogP contribution in [0, 0.1) is 46.8 Å². The Hall–Kier alpha value is -4.24. The van der Waals surface area contributed by atoms with Crippen molar-refractivity contribution in [2.24, 2.45) is 17.8 Å². The molecule has 2 saturated heterocycles. The third-order valence-electron chi connectivity index (χ3n) is 9.14. The van der Waals surface area contributed by atoms with E-state index >= 15 is 8.78 Å². The molecular weight excluding hydrogens is 670 g/mol. The maximum Gasteiger partial charge on any atom is 0.423 e. The number of methoxy groups -OCH3 is 2. The van der Waals surface area contributed by atoms with E-state index in [0.29, 0.717) is 0 Å². The number of hydrogen-bond acceptors (Lipinski definition) is 8. The van der Waals surface area contributed by atoms with Crippen molar-refractivity contribution < 1.29 is 60.5 Å². The zero-order chi connectivity index (χ0) is 33.8. The van der Waals surface area contributed by atoms with Crippen LogP contribution in [0.2, 0.25) is 0 Å². The third kappa shape index (κ3) is 3.72. The lowest BCUT2D eigenvalue weighted by Crippen LogP contribution is -2.60. The van der Waals surface area contributed by atoms with Gasteiger partial charge in [0.15, 0.2) is 44.5 Å². The largest absolute Gasteiger partial charge is 0.504 e. The van der Waals surface area contributed by atoms with Crippen LogP contribution in [0.15, 0.2) is 29.8 Å². The normalized spacial score (nSPS) is 30.2. The van der Waals surface area contributed by atoms with Gasteiger partial charge in [-0.05, 0) is 24.8 Å². The molecule has 2 heterocycles. The molecule has 2 aromatic carbocycles. The minimum Gasteiger partial charge on any atom is -0.504 e. The fourth-order valence-corrected chi connectivity index (χ4v) is 8.05. The Balaban J connectivity index is 1.62. The van der Waals surface area contributed by atoms with Gasteiger partial charge >= 0.3 is 6.09 Å². The first-order valence-corrected chi connectivity index (χ1v) is 14.1. The van der Waals surface area contributed by atoms with Crippen LogP contribution < -0.4 is 9.64 Å². The highest BCUT2D eigenvalue weighted by Gasteiger charge is 2.77. The minimum absolute atomic E-state index is 0.0735. The van der Waals surface area contributed by atoms with E-state index in [4.69, 9.17) is 27.9 Å². The van der Waals surface area contributed by atoms with E-state index in [1.165, 1.54) is 31.4 Å². The summed E-state index contributed by atoms with van der Waals surface area (Å²) in [4.78, 5) is 61.7. The molecule has 2 aliphatic carbocycles. The number of para-hydroxylation sites is 1. The Labute approximate surface area is 265 Å². The summed E-state index contributed by atoms with van der Waals surface area (Å²) in [6.07, 6.45) is -0.875. The van der Waals surface area contributed by atoms with Gasteiger partial charge in [0.2, 0.25) is 17.6 Å². The number of carbonyl (C=O) groups excluding carboxylic acids is 5. The van der Waals surface area contributed by atoms with Crippen LogP contribution in [-0.4, -0.2) is 63.7 Å². The van der Waals surface area contributed by atoms with Gasteiger partial charge in [-0.15, -0.1) is 23.2 Å². The molecule has 4 aliphatic rings. The number of halogens is 7. The van der Waals surface area contributed by atoms with E-state index in [2.05, 4.69) is 4.74 Å². The molecule has 3 fully saturated rings. The van der Waals surface area contributed by atoms with Crippen molar-refractivity contribution in [1.29, 1.82) is 0 Å². The molecule has 242 valence electrons. The van der Waals surface area contributed by atoms with Crippen molar-refractivity contribution in [2.45, 2.75) is 28.5 Å². The Kier molecular flexibility index (Phi) is 7.17. The predicted molar refractivity (Wildman–Crippen MR) is 145 cm³/mol. The number of amides is 5. The maximum absolute atomic E-state index is 15.1. The number of aromatic hydroxyl groups is 1. The summed E-state index contributed by atoms with van der Waals surface area (Å²) in [6, 6.07) is 3.92. The van der Waals surface area contributed by atoms with Crippen molar-refractivity contribution in [3.05, 3.63) is 64.5 Å². The molecule has 10 nitrogen and oxygen atoms in total.